The van der Waals surface area contributed by atoms with E-state index < -0.39 is 11.2 Å². The van der Waals surface area contributed by atoms with Crippen molar-refractivity contribution in [1.82, 2.24) is 0 Å². The summed E-state index contributed by atoms with van der Waals surface area (Å²) in [5.41, 5.74) is 5.37. The van der Waals surface area contributed by atoms with Crippen LogP contribution in [0.4, 0.5) is 0 Å². The molecule has 1 aliphatic heterocycles. The first-order valence-corrected chi connectivity index (χ1v) is 10.6. The largest absolute Gasteiger partial charge is 0.473 e. The van der Waals surface area contributed by atoms with Gasteiger partial charge < -0.3 is 9.84 Å². The predicted molar refractivity (Wildman–Crippen MR) is 124 cm³/mol. The Hall–Kier alpha value is -3.62. The minimum absolute atomic E-state index is 0.721. The minimum Gasteiger partial charge on any atom is -0.473 e. The number of rotatable bonds is 2. The van der Waals surface area contributed by atoms with E-state index in [1.165, 1.54) is 0 Å². The van der Waals surface area contributed by atoms with Crippen LogP contribution >= 0.6 is 0 Å². The van der Waals surface area contributed by atoms with Gasteiger partial charge in [-0.1, -0.05) is 91.0 Å². The molecule has 0 bridgehead atoms. The molecule has 0 radical (unpaired) electrons. The van der Waals surface area contributed by atoms with E-state index in [4.69, 9.17) is 4.74 Å². The molecule has 1 aliphatic carbocycles. The summed E-state index contributed by atoms with van der Waals surface area (Å²) in [7, 11) is 0. The van der Waals surface area contributed by atoms with E-state index >= 15 is 0 Å². The number of fused-ring (bicyclic) bond motifs is 4. The number of ether oxygens (including phenoxy) is 1. The van der Waals surface area contributed by atoms with Crippen LogP contribution in [0.25, 0.3) is 17.2 Å². The highest BCUT2D eigenvalue weighted by Gasteiger charge is 2.41. The lowest BCUT2D eigenvalue weighted by Gasteiger charge is -2.36. The lowest BCUT2D eigenvalue weighted by atomic mass is 9.83. The summed E-state index contributed by atoms with van der Waals surface area (Å²) in [6, 6.07) is 32.8. The Balaban J connectivity index is 1.55. The zero-order valence-electron chi connectivity index (χ0n) is 17.2. The molecule has 2 nitrogen and oxygen atoms in total. The van der Waals surface area contributed by atoms with Crippen LogP contribution in [0.1, 0.15) is 34.7 Å². The van der Waals surface area contributed by atoms with Gasteiger partial charge >= 0.3 is 0 Å². The maximum Gasteiger partial charge on any atom is 0.178 e. The van der Waals surface area contributed by atoms with E-state index in [-0.39, 0.29) is 0 Å². The lowest BCUT2D eigenvalue weighted by Crippen LogP contribution is -2.34. The highest BCUT2D eigenvalue weighted by atomic mass is 16.5. The molecule has 0 saturated carbocycles. The fraction of sp³-hybridized carbons (Fsp3) is 0.103. The van der Waals surface area contributed by atoms with Gasteiger partial charge in [0.05, 0.1) is 0 Å². The van der Waals surface area contributed by atoms with Crippen molar-refractivity contribution in [3.8, 4) is 16.9 Å². The Morgan fingerprint density at radius 2 is 1.29 bits per heavy atom. The zero-order valence-corrected chi connectivity index (χ0v) is 17.2. The summed E-state index contributed by atoms with van der Waals surface area (Å²) in [4.78, 5) is 0. The molecule has 2 aliphatic rings. The number of aliphatic hydroxyl groups is 1. The molecule has 4 aromatic carbocycles. The third-order valence-corrected chi connectivity index (χ3v) is 6.59. The second kappa shape index (κ2) is 6.44. The van der Waals surface area contributed by atoms with Crippen molar-refractivity contribution in [3.05, 3.63) is 131 Å². The third kappa shape index (κ3) is 2.55. The standard InChI is InChI=1S/C29H22O2/c1-28(30)25-15-9-8-14-23(25)24-18-20-16-17-29(21-10-4-2-5-11-21,22-12-6-3-7-13-22)31-27(20)19-26(24)28/h2-19,30H,1H3. The van der Waals surface area contributed by atoms with Crippen LogP contribution in [0.15, 0.2) is 103 Å². The van der Waals surface area contributed by atoms with Crippen molar-refractivity contribution in [2.24, 2.45) is 0 Å². The Morgan fingerprint density at radius 1 is 0.677 bits per heavy atom. The maximum absolute atomic E-state index is 11.4. The number of hydrogen-bond acceptors (Lipinski definition) is 2. The number of hydrogen-bond donors (Lipinski definition) is 1. The molecule has 4 aromatic rings. The van der Waals surface area contributed by atoms with Gasteiger partial charge in [0.2, 0.25) is 0 Å². The van der Waals surface area contributed by atoms with Crippen LogP contribution in [-0.4, -0.2) is 5.11 Å². The molecule has 1 unspecified atom stereocenters. The molecule has 0 spiro atoms. The molecule has 1 heterocycles. The Bertz CT molecular complexity index is 1280. The van der Waals surface area contributed by atoms with Gasteiger partial charge in [-0.15, -0.1) is 0 Å². The summed E-state index contributed by atoms with van der Waals surface area (Å²) >= 11 is 0. The SMILES string of the molecule is CC1(O)c2ccccc2-c2cc3c(cc21)OC(c1ccccc1)(c1ccccc1)C=C3. The quantitative estimate of drug-likeness (QED) is 0.428. The molecule has 1 N–H and O–H groups in total. The molecular formula is C29H22O2. The van der Waals surface area contributed by atoms with Crippen LogP contribution in [0.3, 0.4) is 0 Å². The fourth-order valence-corrected chi connectivity index (χ4v) is 4.99. The van der Waals surface area contributed by atoms with E-state index in [9.17, 15) is 5.11 Å². The molecule has 6 rings (SSSR count). The third-order valence-electron chi connectivity index (χ3n) is 6.59. The molecule has 1 atom stereocenters. The first-order chi connectivity index (χ1) is 15.1. The maximum atomic E-state index is 11.4. The van der Waals surface area contributed by atoms with Gasteiger partial charge in [-0.2, -0.15) is 0 Å². The normalized spacial score (nSPS) is 19.8. The van der Waals surface area contributed by atoms with E-state index in [0.717, 1.165) is 44.7 Å². The summed E-state index contributed by atoms with van der Waals surface area (Å²) in [6.45, 7) is 1.87. The lowest BCUT2D eigenvalue weighted by molar-refractivity contribution is 0.106. The van der Waals surface area contributed by atoms with Crippen LogP contribution in [0.5, 0.6) is 5.75 Å². The molecule has 0 saturated heterocycles. The molecule has 31 heavy (non-hydrogen) atoms. The second-order valence-electron chi connectivity index (χ2n) is 8.46. The van der Waals surface area contributed by atoms with Crippen molar-refractivity contribution in [2.45, 2.75) is 18.1 Å². The zero-order chi connectivity index (χ0) is 21.1. The highest BCUT2D eigenvalue weighted by molar-refractivity contribution is 5.84. The van der Waals surface area contributed by atoms with Crippen molar-refractivity contribution in [1.29, 1.82) is 0 Å². The number of benzene rings is 4. The fourth-order valence-electron chi connectivity index (χ4n) is 4.99. The van der Waals surface area contributed by atoms with E-state index in [0.29, 0.717) is 0 Å². The van der Waals surface area contributed by atoms with Crippen LogP contribution in [0, 0.1) is 0 Å². The first-order valence-electron chi connectivity index (χ1n) is 10.6. The van der Waals surface area contributed by atoms with Gasteiger partial charge in [0, 0.05) is 16.7 Å². The molecule has 2 heteroatoms. The molecule has 0 amide bonds. The topological polar surface area (TPSA) is 29.5 Å². The average Bonchev–Trinajstić information content (AvgIpc) is 3.05. The van der Waals surface area contributed by atoms with Gasteiger partial charge in [0.25, 0.3) is 0 Å². The Labute approximate surface area is 182 Å². The van der Waals surface area contributed by atoms with Crippen molar-refractivity contribution in [3.63, 3.8) is 0 Å². The molecule has 0 aromatic heterocycles. The smallest absolute Gasteiger partial charge is 0.178 e. The van der Waals surface area contributed by atoms with Gasteiger partial charge in [0.1, 0.15) is 11.4 Å². The van der Waals surface area contributed by atoms with E-state index in [1.807, 2.05) is 67.6 Å². The van der Waals surface area contributed by atoms with Crippen molar-refractivity contribution < 1.29 is 9.84 Å². The van der Waals surface area contributed by atoms with Crippen LogP contribution in [-0.2, 0) is 11.2 Å². The monoisotopic (exact) mass is 402 g/mol. The first kappa shape index (κ1) is 18.2. The second-order valence-corrected chi connectivity index (χ2v) is 8.46. The van der Waals surface area contributed by atoms with Crippen LogP contribution in [0.2, 0.25) is 0 Å². The van der Waals surface area contributed by atoms with E-state index in [2.05, 4.69) is 48.6 Å². The minimum atomic E-state index is -1.05. The Kier molecular flexibility index (Phi) is 3.77. The predicted octanol–water partition coefficient (Wildman–Crippen LogP) is 6.27. The van der Waals surface area contributed by atoms with Gasteiger partial charge in [-0.25, -0.2) is 0 Å². The molecule has 150 valence electrons. The molecular weight excluding hydrogens is 380 g/mol. The van der Waals surface area contributed by atoms with E-state index in [1.54, 1.807) is 0 Å². The summed E-state index contributed by atoms with van der Waals surface area (Å²) < 4.78 is 6.81. The highest BCUT2D eigenvalue weighted by Crippen LogP contribution is 2.51. The summed E-state index contributed by atoms with van der Waals surface area (Å²) in [6.07, 6.45) is 4.29. The van der Waals surface area contributed by atoms with Gasteiger partial charge in [0.15, 0.2) is 5.60 Å². The summed E-state index contributed by atoms with van der Waals surface area (Å²) in [5.74, 6) is 0.780. The summed E-state index contributed by atoms with van der Waals surface area (Å²) in [5, 5.41) is 11.4. The Morgan fingerprint density at radius 3 is 1.97 bits per heavy atom. The van der Waals surface area contributed by atoms with Crippen LogP contribution < -0.4 is 4.74 Å². The molecule has 0 fully saturated rings. The van der Waals surface area contributed by atoms with Gasteiger partial charge in [-0.05, 0) is 47.4 Å². The average molecular weight is 402 g/mol. The van der Waals surface area contributed by atoms with Gasteiger partial charge in [-0.3, -0.25) is 0 Å². The van der Waals surface area contributed by atoms with Crippen molar-refractivity contribution >= 4 is 6.08 Å². The van der Waals surface area contributed by atoms with Crippen molar-refractivity contribution in [2.75, 3.05) is 0 Å².